The number of hydrogen-bond donors (Lipinski definition) is 0. The molecular formula is C12H15ClO2. The zero-order valence-electron chi connectivity index (χ0n) is 9.00. The molecule has 0 N–H and O–H groups in total. The number of carbonyl (C=O) groups excluding carboxylic acids is 1. The number of carbonyl (C=O) groups is 1. The predicted molar refractivity (Wildman–Crippen MR) is 61.2 cm³/mol. The van der Waals surface area contributed by atoms with E-state index in [1.165, 1.54) is 12.7 Å². The van der Waals surface area contributed by atoms with Gasteiger partial charge in [0.05, 0.1) is 7.11 Å². The maximum Gasteiger partial charge on any atom is 0.324 e. The van der Waals surface area contributed by atoms with Gasteiger partial charge in [-0.3, -0.25) is 4.79 Å². The Hall–Kier alpha value is -1.02. The van der Waals surface area contributed by atoms with Crippen molar-refractivity contribution in [2.75, 3.05) is 7.11 Å². The van der Waals surface area contributed by atoms with E-state index in [4.69, 9.17) is 11.6 Å². The standard InChI is InChI=1S/C12H15ClO2/c1-3-9-6-4-5-7-10(9)8-11(13)12(14)15-2/h4-7,11H,3,8H2,1-2H3. The van der Waals surface area contributed by atoms with Gasteiger partial charge < -0.3 is 4.74 Å². The first-order chi connectivity index (χ1) is 7.19. The van der Waals surface area contributed by atoms with Crippen molar-refractivity contribution in [2.24, 2.45) is 0 Å². The van der Waals surface area contributed by atoms with Crippen molar-refractivity contribution in [1.29, 1.82) is 0 Å². The molecule has 0 aromatic heterocycles. The topological polar surface area (TPSA) is 26.3 Å². The number of aryl methyl sites for hydroxylation is 1. The highest BCUT2D eigenvalue weighted by atomic mass is 35.5. The van der Waals surface area contributed by atoms with Crippen molar-refractivity contribution in [3.05, 3.63) is 35.4 Å². The lowest BCUT2D eigenvalue weighted by Crippen LogP contribution is -2.19. The van der Waals surface area contributed by atoms with E-state index in [0.29, 0.717) is 6.42 Å². The molecule has 3 heteroatoms. The zero-order valence-corrected chi connectivity index (χ0v) is 9.75. The molecule has 1 rings (SSSR count). The summed E-state index contributed by atoms with van der Waals surface area (Å²) in [6, 6.07) is 7.99. The SMILES string of the molecule is CCc1ccccc1CC(Cl)C(=O)OC. The van der Waals surface area contributed by atoms with Crippen molar-refractivity contribution < 1.29 is 9.53 Å². The van der Waals surface area contributed by atoms with Crippen molar-refractivity contribution in [2.45, 2.75) is 25.1 Å². The van der Waals surface area contributed by atoms with Gasteiger partial charge in [-0.15, -0.1) is 11.6 Å². The van der Waals surface area contributed by atoms with E-state index in [1.807, 2.05) is 18.2 Å². The van der Waals surface area contributed by atoms with E-state index in [-0.39, 0.29) is 5.97 Å². The number of hydrogen-bond acceptors (Lipinski definition) is 2. The highest BCUT2D eigenvalue weighted by Gasteiger charge is 2.17. The normalized spacial score (nSPS) is 12.2. The Balaban J connectivity index is 2.75. The summed E-state index contributed by atoms with van der Waals surface area (Å²) < 4.78 is 4.59. The minimum atomic E-state index is -0.595. The van der Waals surface area contributed by atoms with Crippen LogP contribution in [0.5, 0.6) is 0 Å². The fourth-order valence-electron chi connectivity index (χ4n) is 1.51. The lowest BCUT2D eigenvalue weighted by Gasteiger charge is -2.10. The van der Waals surface area contributed by atoms with Gasteiger partial charge in [0.1, 0.15) is 5.38 Å². The molecule has 1 atom stereocenters. The summed E-state index contributed by atoms with van der Waals surface area (Å²) in [6.07, 6.45) is 1.47. The van der Waals surface area contributed by atoms with Crippen LogP contribution in [0.2, 0.25) is 0 Å². The van der Waals surface area contributed by atoms with Crippen molar-refractivity contribution in [1.82, 2.24) is 0 Å². The van der Waals surface area contributed by atoms with Crippen LogP contribution in [-0.4, -0.2) is 18.5 Å². The zero-order chi connectivity index (χ0) is 11.3. The Labute approximate surface area is 95.2 Å². The molecule has 15 heavy (non-hydrogen) atoms. The molecule has 0 spiro atoms. The molecule has 0 radical (unpaired) electrons. The molecule has 0 amide bonds. The quantitative estimate of drug-likeness (QED) is 0.583. The first-order valence-corrected chi connectivity index (χ1v) is 5.41. The average molecular weight is 227 g/mol. The van der Waals surface area contributed by atoms with Crippen molar-refractivity contribution in [3.8, 4) is 0 Å². The van der Waals surface area contributed by atoms with Crippen molar-refractivity contribution >= 4 is 17.6 Å². The van der Waals surface area contributed by atoms with Gasteiger partial charge >= 0.3 is 5.97 Å². The molecule has 0 aliphatic rings. The molecule has 0 aliphatic heterocycles. The van der Waals surface area contributed by atoms with Crippen LogP contribution >= 0.6 is 11.6 Å². The summed E-state index contributed by atoms with van der Waals surface area (Å²) in [5.74, 6) is -0.373. The molecule has 1 unspecified atom stereocenters. The van der Waals surface area contributed by atoms with Crippen LogP contribution in [-0.2, 0) is 22.4 Å². The minimum absolute atomic E-state index is 0.373. The number of ether oxygens (including phenoxy) is 1. The van der Waals surface area contributed by atoms with Gasteiger partial charge in [0.2, 0.25) is 0 Å². The smallest absolute Gasteiger partial charge is 0.324 e. The summed E-state index contributed by atoms with van der Waals surface area (Å²) in [4.78, 5) is 11.2. The lowest BCUT2D eigenvalue weighted by atomic mass is 10.0. The molecule has 82 valence electrons. The maximum absolute atomic E-state index is 11.2. The molecule has 1 aromatic carbocycles. The molecule has 0 bridgehead atoms. The Kier molecular flexibility index (Phi) is 4.63. The fourth-order valence-corrected chi connectivity index (χ4v) is 1.76. The third-order valence-electron chi connectivity index (χ3n) is 2.36. The monoisotopic (exact) mass is 226 g/mol. The van der Waals surface area contributed by atoms with Gasteiger partial charge in [0.25, 0.3) is 0 Å². The van der Waals surface area contributed by atoms with Gasteiger partial charge in [-0.1, -0.05) is 31.2 Å². The van der Waals surface area contributed by atoms with Gasteiger partial charge in [0.15, 0.2) is 0 Å². The number of esters is 1. The lowest BCUT2D eigenvalue weighted by molar-refractivity contribution is -0.140. The largest absolute Gasteiger partial charge is 0.468 e. The van der Waals surface area contributed by atoms with Crippen LogP contribution in [0.1, 0.15) is 18.1 Å². The third kappa shape index (κ3) is 3.24. The number of rotatable bonds is 4. The van der Waals surface area contributed by atoms with E-state index in [9.17, 15) is 4.79 Å². The summed E-state index contributed by atoms with van der Waals surface area (Å²) in [7, 11) is 1.35. The second-order valence-electron chi connectivity index (χ2n) is 3.32. The summed E-state index contributed by atoms with van der Waals surface area (Å²) >= 11 is 5.92. The molecule has 1 aromatic rings. The van der Waals surface area contributed by atoms with E-state index in [2.05, 4.69) is 17.7 Å². The van der Waals surface area contributed by atoms with E-state index >= 15 is 0 Å². The van der Waals surface area contributed by atoms with Crippen LogP contribution < -0.4 is 0 Å². The van der Waals surface area contributed by atoms with Crippen LogP contribution in [0, 0.1) is 0 Å². The minimum Gasteiger partial charge on any atom is -0.468 e. The maximum atomic E-state index is 11.2. The average Bonchev–Trinajstić information content (AvgIpc) is 2.28. The molecule has 0 saturated heterocycles. The Morgan fingerprint density at radius 3 is 2.53 bits per heavy atom. The number of methoxy groups -OCH3 is 1. The second kappa shape index (κ2) is 5.76. The van der Waals surface area contributed by atoms with E-state index in [1.54, 1.807) is 0 Å². The van der Waals surface area contributed by atoms with Gasteiger partial charge in [-0.25, -0.2) is 0 Å². The van der Waals surface area contributed by atoms with Crippen LogP contribution in [0.3, 0.4) is 0 Å². The van der Waals surface area contributed by atoms with Crippen LogP contribution in [0.25, 0.3) is 0 Å². The van der Waals surface area contributed by atoms with E-state index in [0.717, 1.165) is 12.0 Å². The molecular weight excluding hydrogens is 212 g/mol. The fraction of sp³-hybridized carbons (Fsp3) is 0.417. The summed E-state index contributed by atoms with van der Waals surface area (Å²) in [5.41, 5.74) is 2.34. The molecule has 0 fully saturated rings. The predicted octanol–water partition coefficient (Wildman–Crippen LogP) is 2.57. The third-order valence-corrected chi connectivity index (χ3v) is 2.69. The molecule has 0 saturated carbocycles. The Morgan fingerprint density at radius 2 is 2.00 bits per heavy atom. The number of halogens is 1. The molecule has 2 nitrogen and oxygen atoms in total. The molecule has 0 aliphatic carbocycles. The highest BCUT2D eigenvalue weighted by molar-refractivity contribution is 6.30. The highest BCUT2D eigenvalue weighted by Crippen LogP contribution is 2.15. The Morgan fingerprint density at radius 1 is 1.40 bits per heavy atom. The second-order valence-corrected chi connectivity index (χ2v) is 3.84. The number of benzene rings is 1. The van der Waals surface area contributed by atoms with E-state index < -0.39 is 5.38 Å². The van der Waals surface area contributed by atoms with Crippen LogP contribution in [0.4, 0.5) is 0 Å². The first-order valence-electron chi connectivity index (χ1n) is 4.97. The molecule has 0 heterocycles. The van der Waals surface area contributed by atoms with Gasteiger partial charge in [-0.2, -0.15) is 0 Å². The summed E-state index contributed by atoms with van der Waals surface area (Å²) in [5, 5.41) is -0.595. The van der Waals surface area contributed by atoms with Gasteiger partial charge in [-0.05, 0) is 24.0 Å². The first kappa shape index (κ1) is 12.1. The summed E-state index contributed by atoms with van der Waals surface area (Å²) in [6.45, 7) is 2.08. The van der Waals surface area contributed by atoms with Gasteiger partial charge in [0, 0.05) is 0 Å². The Bertz CT molecular complexity index is 336. The van der Waals surface area contributed by atoms with Crippen LogP contribution in [0.15, 0.2) is 24.3 Å². The number of alkyl halides is 1. The van der Waals surface area contributed by atoms with Crippen molar-refractivity contribution in [3.63, 3.8) is 0 Å².